The van der Waals surface area contributed by atoms with Crippen molar-refractivity contribution in [3.05, 3.63) is 23.5 Å². The highest BCUT2D eigenvalue weighted by molar-refractivity contribution is 7.15. The van der Waals surface area contributed by atoms with Gasteiger partial charge >= 0.3 is 5.97 Å². The maximum atomic E-state index is 11.9. The quantitative estimate of drug-likeness (QED) is 0.874. The number of nitrogens with one attached hydrogen (secondary N) is 1. The molecule has 0 aromatic carbocycles. The van der Waals surface area contributed by atoms with Crippen molar-refractivity contribution in [2.75, 3.05) is 0 Å². The molecule has 0 radical (unpaired) electrons. The minimum absolute atomic E-state index is 0.140. The van der Waals surface area contributed by atoms with Gasteiger partial charge in [0.05, 0.1) is 12.1 Å². The van der Waals surface area contributed by atoms with Gasteiger partial charge in [-0.1, -0.05) is 0 Å². The first-order chi connectivity index (χ1) is 9.74. The molecule has 1 atom stereocenters. The number of nitrogens with zero attached hydrogens (tertiary/aromatic N) is 2. The number of fused-ring (bicyclic) bond motifs is 1. The maximum Gasteiger partial charge on any atom is 0.328 e. The van der Waals surface area contributed by atoms with E-state index in [1.54, 1.807) is 27.7 Å². The molecular weight excluding hydrogens is 290 g/mol. The summed E-state index contributed by atoms with van der Waals surface area (Å²) in [6, 6.07) is -0.680. The second-order valence-corrected chi connectivity index (χ2v) is 6.70. The largest absolute Gasteiger partial charge is 0.458 e. The lowest BCUT2D eigenvalue weighted by Gasteiger charge is -2.22. The van der Waals surface area contributed by atoms with Crippen molar-refractivity contribution in [3.63, 3.8) is 0 Å². The molecular formula is C14H19N3O3S. The lowest BCUT2D eigenvalue weighted by molar-refractivity contribution is -0.158. The van der Waals surface area contributed by atoms with E-state index in [-0.39, 0.29) is 12.3 Å². The zero-order valence-electron chi connectivity index (χ0n) is 12.5. The third-order valence-electron chi connectivity index (χ3n) is 2.62. The first-order valence-electron chi connectivity index (χ1n) is 6.68. The molecule has 0 spiro atoms. The number of carbonyl (C=O) groups is 2. The summed E-state index contributed by atoms with van der Waals surface area (Å²) < 4.78 is 7.08. The molecule has 7 heteroatoms. The van der Waals surface area contributed by atoms with Gasteiger partial charge in [-0.15, -0.1) is 11.3 Å². The first kappa shape index (κ1) is 15.5. The molecule has 0 fully saturated rings. The van der Waals surface area contributed by atoms with E-state index in [2.05, 4.69) is 10.3 Å². The Morgan fingerprint density at radius 3 is 2.81 bits per heavy atom. The summed E-state index contributed by atoms with van der Waals surface area (Å²) in [5.74, 6) is -0.694. The Morgan fingerprint density at radius 1 is 1.48 bits per heavy atom. The number of hydrogen-bond donors (Lipinski definition) is 1. The van der Waals surface area contributed by atoms with Crippen LogP contribution in [0, 0.1) is 0 Å². The van der Waals surface area contributed by atoms with Gasteiger partial charge in [0, 0.05) is 17.8 Å². The van der Waals surface area contributed by atoms with Gasteiger partial charge in [-0.3, -0.25) is 9.20 Å². The summed E-state index contributed by atoms with van der Waals surface area (Å²) in [6.45, 7) is 6.98. The topological polar surface area (TPSA) is 72.7 Å². The van der Waals surface area contributed by atoms with Crippen molar-refractivity contribution in [1.29, 1.82) is 0 Å². The SMILES string of the molecule is C[C@@H](NC(=O)Cc1cn2ccsc2n1)C(=O)OC(C)(C)C. The molecule has 2 rings (SSSR count). The van der Waals surface area contributed by atoms with Crippen molar-refractivity contribution in [2.24, 2.45) is 0 Å². The van der Waals surface area contributed by atoms with E-state index in [9.17, 15) is 9.59 Å². The molecule has 21 heavy (non-hydrogen) atoms. The second-order valence-electron chi connectivity index (χ2n) is 5.82. The number of esters is 1. The number of amides is 1. The fraction of sp³-hybridized carbons (Fsp3) is 0.500. The molecule has 0 bridgehead atoms. The van der Waals surface area contributed by atoms with E-state index in [1.165, 1.54) is 11.3 Å². The van der Waals surface area contributed by atoms with Gasteiger partial charge in [0.1, 0.15) is 11.6 Å². The van der Waals surface area contributed by atoms with E-state index < -0.39 is 17.6 Å². The third kappa shape index (κ3) is 4.29. The van der Waals surface area contributed by atoms with E-state index in [4.69, 9.17) is 4.74 Å². The van der Waals surface area contributed by atoms with Crippen LogP contribution in [0.4, 0.5) is 0 Å². The predicted octanol–water partition coefficient (Wildman–Crippen LogP) is 1.78. The minimum Gasteiger partial charge on any atom is -0.458 e. The van der Waals surface area contributed by atoms with Crippen LogP contribution in [0.3, 0.4) is 0 Å². The van der Waals surface area contributed by atoms with Crippen LogP contribution in [-0.4, -0.2) is 32.9 Å². The van der Waals surface area contributed by atoms with Crippen LogP contribution in [0.25, 0.3) is 4.96 Å². The highest BCUT2D eigenvalue weighted by atomic mass is 32.1. The van der Waals surface area contributed by atoms with Crippen LogP contribution in [0.5, 0.6) is 0 Å². The van der Waals surface area contributed by atoms with Gasteiger partial charge in [0.15, 0.2) is 4.96 Å². The summed E-state index contributed by atoms with van der Waals surface area (Å²) in [6.07, 6.45) is 3.84. The van der Waals surface area contributed by atoms with Crippen LogP contribution in [-0.2, 0) is 20.7 Å². The average Bonchev–Trinajstić information content (AvgIpc) is 2.86. The molecule has 114 valence electrons. The van der Waals surface area contributed by atoms with E-state index in [0.29, 0.717) is 5.69 Å². The molecule has 0 aliphatic heterocycles. The Bertz CT molecular complexity index is 625. The molecule has 0 unspecified atom stereocenters. The van der Waals surface area contributed by atoms with E-state index in [1.807, 2.05) is 22.2 Å². The van der Waals surface area contributed by atoms with Gasteiger partial charge < -0.3 is 10.1 Å². The molecule has 1 N–H and O–H groups in total. The van der Waals surface area contributed by atoms with E-state index >= 15 is 0 Å². The Kier molecular flexibility index (Phi) is 4.32. The zero-order valence-corrected chi connectivity index (χ0v) is 13.4. The molecule has 0 aliphatic rings. The smallest absolute Gasteiger partial charge is 0.328 e. The van der Waals surface area contributed by atoms with Gasteiger partial charge in [0.2, 0.25) is 5.91 Å². The molecule has 0 aliphatic carbocycles. The number of imidazole rings is 1. The van der Waals surface area contributed by atoms with Crippen LogP contribution in [0.2, 0.25) is 0 Å². The summed E-state index contributed by atoms with van der Waals surface area (Å²) in [5, 5.41) is 4.56. The van der Waals surface area contributed by atoms with Crippen molar-refractivity contribution in [1.82, 2.24) is 14.7 Å². The van der Waals surface area contributed by atoms with Gasteiger partial charge in [-0.05, 0) is 27.7 Å². The molecule has 2 heterocycles. The van der Waals surface area contributed by atoms with E-state index in [0.717, 1.165) is 4.96 Å². The van der Waals surface area contributed by atoms with Crippen molar-refractivity contribution >= 4 is 28.2 Å². The summed E-state index contributed by atoms with van der Waals surface area (Å²) in [4.78, 5) is 28.9. The molecule has 2 aromatic rings. The molecule has 0 saturated heterocycles. The lowest BCUT2D eigenvalue weighted by atomic mass is 10.2. The normalized spacial score (nSPS) is 13.1. The number of rotatable bonds is 4. The number of carbonyl (C=O) groups excluding carboxylic acids is 2. The Labute approximate surface area is 127 Å². The maximum absolute atomic E-state index is 11.9. The standard InChI is InChI=1S/C14H19N3O3S/c1-9(12(19)20-14(2,3)4)15-11(18)7-10-8-17-5-6-21-13(17)16-10/h5-6,8-9H,7H2,1-4H3,(H,15,18)/t9-/m1/s1. The van der Waals surface area contributed by atoms with Crippen molar-refractivity contribution in [3.8, 4) is 0 Å². The van der Waals surface area contributed by atoms with Gasteiger partial charge in [-0.2, -0.15) is 0 Å². The van der Waals surface area contributed by atoms with Crippen LogP contribution in [0.1, 0.15) is 33.4 Å². The predicted molar refractivity (Wildman–Crippen MR) is 80.2 cm³/mol. The third-order valence-corrected chi connectivity index (χ3v) is 3.39. The van der Waals surface area contributed by atoms with Crippen LogP contribution in [0.15, 0.2) is 17.8 Å². The monoisotopic (exact) mass is 309 g/mol. The fourth-order valence-corrected chi connectivity index (χ4v) is 2.49. The lowest BCUT2D eigenvalue weighted by Crippen LogP contribution is -2.42. The fourth-order valence-electron chi connectivity index (χ4n) is 1.77. The van der Waals surface area contributed by atoms with Gasteiger partial charge in [0.25, 0.3) is 0 Å². The number of ether oxygens (including phenoxy) is 1. The molecule has 1 amide bonds. The highest BCUT2D eigenvalue weighted by Crippen LogP contribution is 2.12. The highest BCUT2D eigenvalue weighted by Gasteiger charge is 2.23. The Morgan fingerprint density at radius 2 is 2.19 bits per heavy atom. The molecule has 2 aromatic heterocycles. The molecule has 0 saturated carbocycles. The van der Waals surface area contributed by atoms with Crippen molar-refractivity contribution < 1.29 is 14.3 Å². The summed E-state index contributed by atoms with van der Waals surface area (Å²) >= 11 is 1.51. The molecule has 6 nitrogen and oxygen atoms in total. The van der Waals surface area contributed by atoms with Crippen LogP contribution < -0.4 is 5.32 Å². The second kappa shape index (κ2) is 5.85. The average molecular weight is 309 g/mol. The summed E-state index contributed by atoms with van der Waals surface area (Å²) in [7, 11) is 0. The summed E-state index contributed by atoms with van der Waals surface area (Å²) in [5.41, 5.74) is 0.111. The number of hydrogen-bond acceptors (Lipinski definition) is 5. The number of thiazole rings is 1. The van der Waals surface area contributed by atoms with Crippen LogP contribution >= 0.6 is 11.3 Å². The zero-order chi connectivity index (χ0) is 15.6. The number of aromatic nitrogens is 2. The Balaban J connectivity index is 1.89. The van der Waals surface area contributed by atoms with Crippen molar-refractivity contribution in [2.45, 2.75) is 45.8 Å². The Hall–Kier alpha value is -1.89. The minimum atomic E-state index is -0.680. The van der Waals surface area contributed by atoms with Gasteiger partial charge in [-0.25, -0.2) is 9.78 Å². The first-order valence-corrected chi connectivity index (χ1v) is 7.56.